The van der Waals surface area contributed by atoms with Gasteiger partial charge in [0.2, 0.25) is 0 Å². The third-order valence-electron chi connectivity index (χ3n) is 4.95. The van der Waals surface area contributed by atoms with Crippen LogP contribution in [0, 0.1) is 16.7 Å². The summed E-state index contributed by atoms with van der Waals surface area (Å²) in [6.45, 7) is 5.06. The van der Waals surface area contributed by atoms with Gasteiger partial charge in [0, 0.05) is 3.42 Å². The van der Waals surface area contributed by atoms with Gasteiger partial charge in [-0.15, -0.1) is 0 Å². The monoisotopic (exact) mass is 262 g/mol. The van der Waals surface area contributed by atoms with Crippen LogP contribution >= 0.6 is 22.6 Å². The topological polar surface area (TPSA) is 0 Å². The molecule has 0 aromatic heterocycles. The van der Waals surface area contributed by atoms with Gasteiger partial charge in [0.25, 0.3) is 0 Å². The zero-order valence-electron chi connectivity index (χ0n) is 7.28. The van der Waals surface area contributed by atoms with E-state index in [0.717, 1.165) is 20.2 Å². The van der Waals surface area contributed by atoms with Crippen LogP contribution in [0.4, 0.5) is 0 Å². The van der Waals surface area contributed by atoms with Gasteiger partial charge in [-0.1, -0.05) is 36.4 Å². The molecule has 11 heavy (non-hydrogen) atoms. The van der Waals surface area contributed by atoms with Crippen LogP contribution in [0.3, 0.4) is 0 Å². The normalized spacial score (nSPS) is 71.7. The maximum atomic E-state index is 2.76. The molecule has 4 saturated carbocycles. The van der Waals surface area contributed by atoms with Gasteiger partial charge in [-0.05, 0) is 42.4 Å². The zero-order chi connectivity index (χ0) is 7.91. The van der Waals surface area contributed by atoms with Crippen LogP contribution in [0.15, 0.2) is 0 Å². The molecule has 0 nitrogen and oxygen atoms in total. The summed E-state index contributed by atoms with van der Waals surface area (Å²) < 4.78 is 0.737. The van der Waals surface area contributed by atoms with Gasteiger partial charge < -0.3 is 0 Å². The Morgan fingerprint density at radius 2 is 1.55 bits per heavy atom. The first-order valence-electron chi connectivity index (χ1n) is 4.67. The summed E-state index contributed by atoms with van der Waals surface area (Å²) in [5.74, 6) is 1.08. The summed E-state index contributed by atoms with van der Waals surface area (Å²) in [6.07, 6.45) is 6.10. The molecule has 4 bridgehead atoms. The lowest BCUT2D eigenvalue weighted by atomic mass is 9.71. The number of halogens is 1. The minimum Gasteiger partial charge on any atom is -0.0785 e. The highest BCUT2D eigenvalue weighted by atomic mass is 127. The lowest BCUT2D eigenvalue weighted by molar-refractivity contribution is 0.157. The molecular formula is C10H15I. The van der Waals surface area contributed by atoms with Crippen LogP contribution in [0.1, 0.15) is 39.5 Å². The number of hydrogen-bond donors (Lipinski definition) is 0. The first-order chi connectivity index (χ1) is 4.98. The predicted molar refractivity (Wildman–Crippen MR) is 54.9 cm³/mol. The van der Waals surface area contributed by atoms with Gasteiger partial charge in [0.15, 0.2) is 0 Å². The molecule has 0 spiro atoms. The Morgan fingerprint density at radius 1 is 1.09 bits per heavy atom. The molecule has 4 rings (SSSR count). The van der Waals surface area contributed by atoms with E-state index in [9.17, 15) is 0 Å². The molecule has 0 aromatic rings. The van der Waals surface area contributed by atoms with Gasteiger partial charge in [0.05, 0.1) is 0 Å². The third-order valence-corrected chi connectivity index (χ3v) is 6.59. The Kier molecular flexibility index (Phi) is 0.999. The molecule has 0 aromatic carbocycles. The molecule has 0 aliphatic heterocycles. The average molecular weight is 262 g/mol. The molecule has 4 aliphatic rings. The van der Waals surface area contributed by atoms with Gasteiger partial charge >= 0.3 is 0 Å². The fourth-order valence-corrected chi connectivity index (χ4v) is 6.36. The SMILES string of the molecule is C[C@]12CC3C[C@]1(C)CC3(I)C2. The van der Waals surface area contributed by atoms with Crippen molar-refractivity contribution in [2.24, 2.45) is 16.7 Å². The average Bonchev–Trinajstić information content (AvgIpc) is 2.24. The van der Waals surface area contributed by atoms with Crippen molar-refractivity contribution in [2.75, 3.05) is 0 Å². The first-order valence-corrected chi connectivity index (χ1v) is 5.74. The summed E-state index contributed by atoms with van der Waals surface area (Å²) in [5.41, 5.74) is 1.47. The predicted octanol–water partition coefficient (Wildman–Crippen LogP) is 3.39. The highest BCUT2D eigenvalue weighted by molar-refractivity contribution is 14.1. The molecular weight excluding hydrogens is 247 g/mol. The minimum absolute atomic E-state index is 0.735. The lowest BCUT2D eigenvalue weighted by Gasteiger charge is -2.33. The summed E-state index contributed by atoms with van der Waals surface area (Å²) in [5, 5.41) is 0. The van der Waals surface area contributed by atoms with Gasteiger partial charge in [-0.2, -0.15) is 0 Å². The summed E-state index contributed by atoms with van der Waals surface area (Å²) in [4.78, 5) is 0. The molecule has 2 atom stereocenters. The smallest absolute Gasteiger partial charge is 0.0261 e. The Labute approximate surface area is 82.3 Å². The standard InChI is InChI=1S/C10H15I/c1-8-3-7-4-9(8,2)6-10(7,11)5-8/h7H,3-6H2,1-2H3/t7?,8-,9-,10?/m1/s1. The second-order valence-electron chi connectivity index (χ2n) is 5.61. The molecule has 4 aliphatic carbocycles. The van der Waals surface area contributed by atoms with E-state index >= 15 is 0 Å². The van der Waals surface area contributed by atoms with Crippen molar-refractivity contribution in [3.8, 4) is 0 Å². The number of hydrogen-bond acceptors (Lipinski definition) is 0. The van der Waals surface area contributed by atoms with Crippen LogP contribution in [0.2, 0.25) is 0 Å². The maximum absolute atomic E-state index is 2.76. The van der Waals surface area contributed by atoms with Crippen LogP contribution in [-0.2, 0) is 0 Å². The van der Waals surface area contributed by atoms with Crippen molar-refractivity contribution in [1.82, 2.24) is 0 Å². The largest absolute Gasteiger partial charge is 0.0785 e. The zero-order valence-corrected chi connectivity index (χ0v) is 9.44. The maximum Gasteiger partial charge on any atom is 0.0261 e. The third kappa shape index (κ3) is 0.574. The molecule has 0 saturated heterocycles. The van der Waals surface area contributed by atoms with E-state index in [1.165, 1.54) is 25.7 Å². The Hall–Kier alpha value is 0.730. The Balaban J connectivity index is 2.19. The Morgan fingerprint density at radius 3 is 1.64 bits per heavy atom. The van der Waals surface area contributed by atoms with Crippen LogP contribution in [-0.4, -0.2) is 3.42 Å². The van der Waals surface area contributed by atoms with Gasteiger partial charge in [0.1, 0.15) is 0 Å². The van der Waals surface area contributed by atoms with Gasteiger partial charge in [-0.3, -0.25) is 0 Å². The fourth-order valence-electron chi connectivity index (χ4n) is 4.24. The molecule has 0 amide bonds. The van der Waals surface area contributed by atoms with Crippen molar-refractivity contribution in [1.29, 1.82) is 0 Å². The highest BCUT2D eigenvalue weighted by Gasteiger charge is 2.72. The summed E-state index contributed by atoms with van der Waals surface area (Å²) in [7, 11) is 0. The second-order valence-corrected chi connectivity index (χ2v) is 7.76. The molecule has 4 fully saturated rings. The van der Waals surface area contributed by atoms with E-state index < -0.39 is 0 Å². The fraction of sp³-hybridized carbons (Fsp3) is 1.00. The molecule has 62 valence electrons. The summed E-state index contributed by atoms with van der Waals surface area (Å²) in [6, 6.07) is 0. The Bertz CT molecular complexity index is 215. The van der Waals surface area contributed by atoms with Crippen LogP contribution < -0.4 is 0 Å². The number of rotatable bonds is 0. The van der Waals surface area contributed by atoms with E-state index in [2.05, 4.69) is 36.4 Å². The number of alkyl halides is 1. The van der Waals surface area contributed by atoms with Gasteiger partial charge in [-0.25, -0.2) is 0 Å². The van der Waals surface area contributed by atoms with Crippen molar-refractivity contribution in [2.45, 2.75) is 43.0 Å². The first kappa shape index (κ1) is 7.16. The quantitative estimate of drug-likeness (QED) is 0.463. The highest BCUT2D eigenvalue weighted by Crippen LogP contribution is 2.80. The molecule has 0 unspecified atom stereocenters. The second kappa shape index (κ2) is 1.53. The van der Waals surface area contributed by atoms with E-state index in [-0.39, 0.29) is 0 Å². The summed E-state index contributed by atoms with van der Waals surface area (Å²) >= 11 is 2.76. The molecule has 1 heteroatoms. The minimum atomic E-state index is 0.735. The molecule has 0 N–H and O–H groups in total. The van der Waals surface area contributed by atoms with Crippen molar-refractivity contribution in [3.05, 3.63) is 0 Å². The lowest BCUT2D eigenvalue weighted by Crippen LogP contribution is -2.25. The van der Waals surface area contributed by atoms with Crippen molar-refractivity contribution in [3.63, 3.8) is 0 Å². The molecule has 0 heterocycles. The van der Waals surface area contributed by atoms with E-state index in [4.69, 9.17) is 0 Å². The van der Waals surface area contributed by atoms with Crippen molar-refractivity contribution >= 4 is 22.6 Å². The van der Waals surface area contributed by atoms with Crippen LogP contribution in [0.5, 0.6) is 0 Å². The van der Waals surface area contributed by atoms with E-state index in [1.54, 1.807) is 0 Å². The molecule has 0 radical (unpaired) electrons. The van der Waals surface area contributed by atoms with Crippen LogP contribution in [0.25, 0.3) is 0 Å². The van der Waals surface area contributed by atoms with E-state index in [0.29, 0.717) is 0 Å². The van der Waals surface area contributed by atoms with Crippen molar-refractivity contribution < 1.29 is 0 Å². The van der Waals surface area contributed by atoms with E-state index in [1.807, 2.05) is 0 Å².